The fraction of sp³-hybridized carbons (Fsp3) is 0.310. The van der Waals surface area contributed by atoms with Gasteiger partial charge in [0.05, 0.1) is 22.8 Å². The second-order valence-corrected chi connectivity index (χ2v) is 9.72. The molecule has 7 heteroatoms. The Morgan fingerprint density at radius 2 is 1.92 bits per heavy atom. The number of nitrogens with one attached hydrogen (secondary N) is 1. The fourth-order valence-electron chi connectivity index (χ4n) is 4.78. The minimum absolute atomic E-state index is 0.104. The zero-order valence-electron chi connectivity index (χ0n) is 21.0. The maximum absolute atomic E-state index is 13.6. The first-order valence-corrected chi connectivity index (χ1v) is 12.5. The van der Waals surface area contributed by atoms with Crippen LogP contribution in [0.5, 0.6) is 0 Å². The SMILES string of the molecule is Cc1ccccc1-c1cc(C(=O)Nc2cccc(CN3CCCCC3=O)c2)c2cnn(C(C)C)c2n1. The van der Waals surface area contributed by atoms with Crippen molar-refractivity contribution in [1.82, 2.24) is 19.7 Å². The van der Waals surface area contributed by atoms with E-state index in [-0.39, 0.29) is 17.9 Å². The zero-order valence-corrected chi connectivity index (χ0v) is 21.0. The van der Waals surface area contributed by atoms with Crippen LogP contribution in [0.4, 0.5) is 5.69 Å². The summed E-state index contributed by atoms with van der Waals surface area (Å²) in [4.78, 5) is 32.6. The van der Waals surface area contributed by atoms with Crippen LogP contribution in [0.2, 0.25) is 0 Å². The number of benzene rings is 2. The lowest BCUT2D eigenvalue weighted by molar-refractivity contribution is -0.133. The lowest BCUT2D eigenvalue weighted by Crippen LogP contribution is -2.34. The highest BCUT2D eigenvalue weighted by Gasteiger charge is 2.20. The number of amides is 2. The summed E-state index contributed by atoms with van der Waals surface area (Å²) in [5, 5.41) is 8.31. The van der Waals surface area contributed by atoms with E-state index in [1.165, 1.54) is 0 Å². The molecule has 0 spiro atoms. The molecule has 1 fully saturated rings. The van der Waals surface area contributed by atoms with Gasteiger partial charge in [0.2, 0.25) is 5.91 Å². The van der Waals surface area contributed by atoms with E-state index >= 15 is 0 Å². The zero-order chi connectivity index (χ0) is 25.2. The van der Waals surface area contributed by atoms with Crippen molar-refractivity contribution < 1.29 is 9.59 Å². The third-order valence-corrected chi connectivity index (χ3v) is 6.70. The molecule has 2 aromatic carbocycles. The standard InChI is InChI=1S/C29H31N5O2/c1-19(2)34-28-25(17-30-34)24(16-26(32-28)23-12-5-4-9-20(23)3)29(36)31-22-11-8-10-21(15-22)18-33-14-7-6-13-27(33)35/h4-5,8-12,15-17,19H,6-7,13-14,18H2,1-3H3,(H,31,36). The number of carbonyl (C=O) groups excluding carboxylic acids is 2. The highest BCUT2D eigenvalue weighted by molar-refractivity contribution is 6.12. The number of hydrogen-bond acceptors (Lipinski definition) is 4. The van der Waals surface area contributed by atoms with Crippen LogP contribution < -0.4 is 5.32 Å². The van der Waals surface area contributed by atoms with Gasteiger partial charge in [0, 0.05) is 36.8 Å². The van der Waals surface area contributed by atoms with Crippen molar-refractivity contribution in [2.75, 3.05) is 11.9 Å². The van der Waals surface area contributed by atoms with Crippen LogP contribution in [0.3, 0.4) is 0 Å². The van der Waals surface area contributed by atoms with E-state index in [0.29, 0.717) is 35.2 Å². The molecule has 0 unspecified atom stereocenters. The van der Waals surface area contributed by atoms with E-state index in [9.17, 15) is 9.59 Å². The molecule has 1 aliphatic heterocycles. The normalized spacial score (nSPS) is 14.0. The van der Waals surface area contributed by atoms with Crippen LogP contribution in [0.1, 0.15) is 60.6 Å². The van der Waals surface area contributed by atoms with Crippen molar-refractivity contribution in [2.45, 2.75) is 52.6 Å². The Morgan fingerprint density at radius 1 is 1.08 bits per heavy atom. The largest absolute Gasteiger partial charge is 0.338 e. The monoisotopic (exact) mass is 481 g/mol. The van der Waals surface area contributed by atoms with E-state index in [0.717, 1.165) is 41.8 Å². The molecule has 3 heterocycles. The molecule has 184 valence electrons. The van der Waals surface area contributed by atoms with Gasteiger partial charge in [-0.15, -0.1) is 0 Å². The van der Waals surface area contributed by atoms with Gasteiger partial charge in [0.1, 0.15) is 0 Å². The van der Waals surface area contributed by atoms with Crippen LogP contribution in [-0.4, -0.2) is 38.0 Å². The Kier molecular flexibility index (Phi) is 6.55. The minimum Gasteiger partial charge on any atom is -0.338 e. The van der Waals surface area contributed by atoms with Crippen LogP contribution in [-0.2, 0) is 11.3 Å². The first kappa shape index (κ1) is 23.7. The number of aryl methyl sites for hydroxylation is 1. The van der Waals surface area contributed by atoms with Crippen LogP contribution in [0, 0.1) is 6.92 Å². The van der Waals surface area contributed by atoms with Gasteiger partial charge in [-0.2, -0.15) is 5.10 Å². The van der Waals surface area contributed by atoms with Crippen molar-refractivity contribution in [3.63, 3.8) is 0 Å². The number of likely N-dealkylation sites (tertiary alicyclic amines) is 1. The Bertz CT molecular complexity index is 1440. The van der Waals surface area contributed by atoms with E-state index in [1.54, 1.807) is 6.20 Å². The lowest BCUT2D eigenvalue weighted by Gasteiger charge is -2.26. The molecule has 2 aromatic heterocycles. The number of fused-ring (bicyclic) bond motifs is 1. The Hall–Kier alpha value is -4.00. The number of anilines is 1. The van der Waals surface area contributed by atoms with E-state index < -0.39 is 0 Å². The molecular weight excluding hydrogens is 450 g/mol. The summed E-state index contributed by atoms with van der Waals surface area (Å²) in [5.41, 5.74) is 5.72. The van der Waals surface area contributed by atoms with Crippen molar-refractivity contribution in [2.24, 2.45) is 0 Å². The molecule has 1 aliphatic rings. The smallest absolute Gasteiger partial charge is 0.256 e. The fourth-order valence-corrected chi connectivity index (χ4v) is 4.78. The summed E-state index contributed by atoms with van der Waals surface area (Å²) in [7, 11) is 0. The first-order chi connectivity index (χ1) is 17.4. The summed E-state index contributed by atoms with van der Waals surface area (Å²) in [5.74, 6) is -0.0208. The van der Waals surface area contributed by atoms with Crippen LogP contribution in [0.25, 0.3) is 22.3 Å². The number of piperidine rings is 1. The number of nitrogens with zero attached hydrogens (tertiary/aromatic N) is 4. The predicted molar refractivity (Wildman–Crippen MR) is 142 cm³/mol. The summed E-state index contributed by atoms with van der Waals surface area (Å²) in [6.45, 7) is 7.48. The van der Waals surface area contributed by atoms with Crippen molar-refractivity contribution in [1.29, 1.82) is 0 Å². The van der Waals surface area contributed by atoms with E-state index in [4.69, 9.17) is 4.98 Å². The molecule has 2 amide bonds. The van der Waals surface area contributed by atoms with Gasteiger partial charge in [-0.25, -0.2) is 9.67 Å². The van der Waals surface area contributed by atoms with Crippen molar-refractivity contribution in [3.8, 4) is 11.3 Å². The average Bonchev–Trinajstić information content (AvgIpc) is 3.30. The van der Waals surface area contributed by atoms with Gasteiger partial charge in [-0.1, -0.05) is 36.4 Å². The first-order valence-electron chi connectivity index (χ1n) is 12.5. The highest BCUT2D eigenvalue weighted by atomic mass is 16.2. The van der Waals surface area contributed by atoms with E-state index in [2.05, 4.69) is 10.4 Å². The second kappa shape index (κ2) is 9.93. The molecule has 5 rings (SSSR count). The summed E-state index contributed by atoms with van der Waals surface area (Å²) in [6.07, 6.45) is 4.33. The molecule has 1 saturated heterocycles. The van der Waals surface area contributed by atoms with Gasteiger partial charge >= 0.3 is 0 Å². The van der Waals surface area contributed by atoms with Gasteiger partial charge in [0.15, 0.2) is 5.65 Å². The van der Waals surface area contributed by atoms with Gasteiger partial charge in [-0.3, -0.25) is 9.59 Å². The van der Waals surface area contributed by atoms with Crippen LogP contribution >= 0.6 is 0 Å². The van der Waals surface area contributed by atoms with Gasteiger partial charge in [0.25, 0.3) is 5.91 Å². The molecule has 7 nitrogen and oxygen atoms in total. The molecule has 1 N–H and O–H groups in total. The minimum atomic E-state index is -0.216. The third kappa shape index (κ3) is 4.73. The number of hydrogen-bond donors (Lipinski definition) is 1. The van der Waals surface area contributed by atoms with Crippen molar-refractivity contribution >= 4 is 28.5 Å². The molecule has 4 aromatic rings. The lowest BCUT2D eigenvalue weighted by atomic mass is 10.0. The van der Waals surface area contributed by atoms with Gasteiger partial charge in [-0.05, 0) is 62.9 Å². The molecular formula is C29H31N5O2. The number of carbonyl (C=O) groups is 2. The number of rotatable bonds is 6. The van der Waals surface area contributed by atoms with Gasteiger partial charge < -0.3 is 10.2 Å². The van der Waals surface area contributed by atoms with Crippen molar-refractivity contribution in [3.05, 3.63) is 77.5 Å². The summed E-state index contributed by atoms with van der Waals surface area (Å²) in [6, 6.07) is 17.7. The molecule has 0 radical (unpaired) electrons. The maximum atomic E-state index is 13.6. The quantitative estimate of drug-likeness (QED) is 0.380. The Morgan fingerprint density at radius 3 is 2.69 bits per heavy atom. The third-order valence-electron chi connectivity index (χ3n) is 6.70. The van der Waals surface area contributed by atoms with Crippen LogP contribution in [0.15, 0.2) is 60.8 Å². The molecule has 0 bridgehead atoms. The second-order valence-electron chi connectivity index (χ2n) is 9.72. The predicted octanol–water partition coefficient (Wildman–Crippen LogP) is 5.75. The summed E-state index contributed by atoms with van der Waals surface area (Å²) >= 11 is 0. The van der Waals surface area contributed by atoms with E-state index in [1.807, 2.05) is 85.0 Å². The Balaban J connectivity index is 1.48. The maximum Gasteiger partial charge on any atom is 0.256 e. The summed E-state index contributed by atoms with van der Waals surface area (Å²) < 4.78 is 1.85. The average molecular weight is 482 g/mol. The number of pyridine rings is 1. The number of aromatic nitrogens is 3. The molecule has 0 atom stereocenters. The molecule has 36 heavy (non-hydrogen) atoms. The molecule has 0 aliphatic carbocycles. The highest BCUT2D eigenvalue weighted by Crippen LogP contribution is 2.29. The topological polar surface area (TPSA) is 80.1 Å². The molecule has 0 saturated carbocycles. The Labute approximate surface area is 211 Å².